The second-order valence-electron chi connectivity index (χ2n) is 3.69. The van der Waals surface area contributed by atoms with E-state index in [1.807, 2.05) is 0 Å². The lowest BCUT2D eigenvalue weighted by molar-refractivity contribution is -0.112. The van der Waals surface area contributed by atoms with Crippen molar-refractivity contribution in [3.8, 4) is 0 Å². The van der Waals surface area contributed by atoms with E-state index >= 15 is 0 Å². The van der Waals surface area contributed by atoms with Gasteiger partial charge in [0.1, 0.15) is 4.32 Å². The van der Waals surface area contributed by atoms with Crippen LogP contribution in [0.25, 0.3) is 0 Å². The van der Waals surface area contributed by atoms with Crippen molar-refractivity contribution in [1.29, 1.82) is 0 Å². The van der Waals surface area contributed by atoms with Crippen molar-refractivity contribution < 1.29 is 4.79 Å². The molecule has 0 radical (unpaired) electrons. The van der Waals surface area contributed by atoms with Crippen molar-refractivity contribution in [1.82, 2.24) is 4.90 Å². The molecule has 0 rings (SSSR count). The molecule has 0 fully saturated rings. The van der Waals surface area contributed by atoms with E-state index in [1.54, 1.807) is 0 Å². The van der Waals surface area contributed by atoms with E-state index in [2.05, 4.69) is 51.8 Å². The van der Waals surface area contributed by atoms with Gasteiger partial charge in [-0.15, -0.1) is 12.6 Å². The molecule has 0 bridgehead atoms. The smallest absolute Gasteiger partial charge is 0.152 e. The fourth-order valence-corrected chi connectivity index (χ4v) is 1.92. The highest BCUT2D eigenvalue weighted by Gasteiger charge is 2.12. The summed E-state index contributed by atoms with van der Waals surface area (Å²) in [7, 11) is 0. The molecule has 0 aromatic heterocycles. The average molecular weight is 247 g/mol. The molecule has 0 aromatic rings. The summed E-state index contributed by atoms with van der Waals surface area (Å²) < 4.78 is 0.685. The van der Waals surface area contributed by atoms with E-state index in [1.165, 1.54) is 13.0 Å². The third kappa shape index (κ3) is 9.94. The van der Waals surface area contributed by atoms with Crippen LogP contribution in [0.4, 0.5) is 0 Å². The molecule has 15 heavy (non-hydrogen) atoms. The number of nitrogens with zero attached hydrogens (tertiary/aromatic N) is 1. The topological polar surface area (TPSA) is 20.3 Å². The minimum absolute atomic E-state index is 0.0185. The van der Waals surface area contributed by atoms with Crippen LogP contribution in [0.5, 0.6) is 0 Å². The normalized spacial score (nSPS) is 9.33. The van der Waals surface area contributed by atoms with Gasteiger partial charge in [-0.2, -0.15) is 0 Å². The first kappa shape index (κ1) is 17.1. The zero-order valence-corrected chi connectivity index (χ0v) is 11.9. The third-order valence-corrected chi connectivity index (χ3v) is 2.06. The second-order valence-corrected chi connectivity index (χ2v) is 4.80. The second kappa shape index (κ2) is 8.92. The first-order valence-corrected chi connectivity index (χ1v) is 5.73. The Labute approximate surface area is 104 Å². The Morgan fingerprint density at radius 1 is 1.33 bits per heavy atom. The van der Waals surface area contributed by atoms with Gasteiger partial charge in [0, 0.05) is 12.1 Å². The number of carbonyl (C=O) groups is 1. The molecule has 0 saturated carbocycles. The Hall–Kier alpha value is -0.350. The van der Waals surface area contributed by atoms with Crippen molar-refractivity contribution in [3.05, 3.63) is 12.7 Å². The third-order valence-electron chi connectivity index (χ3n) is 1.62. The molecule has 0 heterocycles. The van der Waals surface area contributed by atoms with Crippen molar-refractivity contribution in [3.63, 3.8) is 0 Å². The van der Waals surface area contributed by atoms with Crippen molar-refractivity contribution in [2.24, 2.45) is 0 Å². The van der Waals surface area contributed by atoms with Crippen LogP contribution in [-0.4, -0.2) is 27.1 Å². The summed E-state index contributed by atoms with van der Waals surface area (Å²) in [5.41, 5.74) is 0. The fourth-order valence-electron chi connectivity index (χ4n) is 1.04. The number of carbonyl (C=O) groups excluding carboxylic acids is 1. The van der Waals surface area contributed by atoms with Crippen molar-refractivity contribution in [2.45, 2.75) is 46.7 Å². The highest BCUT2D eigenvalue weighted by atomic mass is 32.1. The van der Waals surface area contributed by atoms with E-state index in [9.17, 15) is 4.79 Å². The predicted octanol–water partition coefficient (Wildman–Crippen LogP) is 3.08. The summed E-state index contributed by atoms with van der Waals surface area (Å²) in [6.07, 6.45) is 1.28. The Morgan fingerprint density at radius 3 is 1.60 bits per heavy atom. The number of ketones is 1. The molecular formula is C11H21NOS2. The minimum atomic E-state index is 0.0185. The number of thiol groups is 1. The Bertz CT molecular complexity index is 217. The zero-order chi connectivity index (χ0) is 12.6. The van der Waals surface area contributed by atoms with Gasteiger partial charge in [0.25, 0.3) is 0 Å². The Balaban J connectivity index is 0. The van der Waals surface area contributed by atoms with Crippen molar-refractivity contribution >= 4 is 35.0 Å². The minimum Gasteiger partial charge on any atom is -0.353 e. The average Bonchev–Trinajstić information content (AvgIpc) is 2.02. The summed E-state index contributed by atoms with van der Waals surface area (Å²) in [6, 6.07) is 0.898. The number of hydrogen-bond donors (Lipinski definition) is 1. The molecule has 0 N–H and O–H groups in total. The lowest BCUT2D eigenvalue weighted by Gasteiger charge is -2.30. The number of thiocarbonyl (C=S) groups is 1. The molecule has 0 aliphatic carbocycles. The molecule has 2 nitrogen and oxygen atoms in total. The maximum Gasteiger partial charge on any atom is 0.152 e. The highest BCUT2D eigenvalue weighted by Crippen LogP contribution is 2.08. The van der Waals surface area contributed by atoms with Crippen LogP contribution in [-0.2, 0) is 4.79 Å². The molecule has 0 aliphatic heterocycles. The van der Waals surface area contributed by atoms with Gasteiger partial charge < -0.3 is 4.90 Å². The van der Waals surface area contributed by atoms with Gasteiger partial charge in [-0.25, -0.2) is 0 Å². The summed E-state index contributed by atoms with van der Waals surface area (Å²) in [5.74, 6) is 0.0185. The van der Waals surface area contributed by atoms with Crippen LogP contribution in [0.3, 0.4) is 0 Å². The van der Waals surface area contributed by atoms with Gasteiger partial charge in [0.05, 0.1) is 0 Å². The van der Waals surface area contributed by atoms with Gasteiger partial charge in [-0.3, -0.25) is 4.79 Å². The molecule has 0 saturated heterocycles. The quantitative estimate of drug-likeness (QED) is 0.470. The van der Waals surface area contributed by atoms with Gasteiger partial charge in [0.2, 0.25) is 0 Å². The number of allylic oxidation sites excluding steroid dienone is 1. The maximum absolute atomic E-state index is 9.69. The lowest BCUT2D eigenvalue weighted by atomic mass is 10.2. The standard InChI is InChI=1S/C7H15NS2.C4H6O/c1-5(2)8(6(3)4)7(9)10;1-3-4(2)5/h5-6H,1-4H3,(H,9,10);3H,1H2,2H3. The van der Waals surface area contributed by atoms with Gasteiger partial charge >= 0.3 is 0 Å². The Morgan fingerprint density at radius 2 is 1.60 bits per heavy atom. The number of hydrogen-bond acceptors (Lipinski definition) is 2. The number of rotatable bonds is 3. The molecular weight excluding hydrogens is 226 g/mol. The lowest BCUT2D eigenvalue weighted by Crippen LogP contribution is -2.38. The van der Waals surface area contributed by atoms with E-state index < -0.39 is 0 Å². The molecule has 0 spiro atoms. The van der Waals surface area contributed by atoms with Crippen LogP contribution >= 0.6 is 24.8 Å². The SMILES string of the molecule is C=CC(C)=O.CC(C)N(C(=S)S)C(C)C. The molecule has 0 unspecified atom stereocenters. The molecule has 0 aromatic carbocycles. The van der Waals surface area contributed by atoms with E-state index in [-0.39, 0.29) is 5.78 Å². The summed E-state index contributed by atoms with van der Waals surface area (Å²) in [5, 5.41) is 0. The van der Waals surface area contributed by atoms with Crippen molar-refractivity contribution in [2.75, 3.05) is 0 Å². The first-order chi connectivity index (χ1) is 6.73. The monoisotopic (exact) mass is 247 g/mol. The van der Waals surface area contributed by atoms with E-state index in [0.29, 0.717) is 16.4 Å². The fraction of sp³-hybridized carbons (Fsp3) is 0.636. The zero-order valence-electron chi connectivity index (χ0n) is 10.2. The molecule has 0 amide bonds. The van der Waals surface area contributed by atoms with Crippen LogP contribution in [0.2, 0.25) is 0 Å². The molecule has 0 aliphatic rings. The van der Waals surface area contributed by atoms with Crippen LogP contribution in [0.15, 0.2) is 12.7 Å². The van der Waals surface area contributed by atoms with Crippen LogP contribution in [0, 0.1) is 0 Å². The summed E-state index contributed by atoms with van der Waals surface area (Å²) in [4.78, 5) is 11.8. The predicted molar refractivity (Wildman–Crippen MR) is 74.6 cm³/mol. The Kier molecular flexibility index (Phi) is 10.1. The molecule has 4 heteroatoms. The van der Waals surface area contributed by atoms with Crippen LogP contribution in [0.1, 0.15) is 34.6 Å². The maximum atomic E-state index is 9.69. The summed E-state index contributed by atoms with van der Waals surface area (Å²) >= 11 is 9.09. The van der Waals surface area contributed by atoms with Gasteiger partial charge in [-0.05, 0) is 40.7 Å². The molecule has 0 atom stereocenters. The molecule has 88 valence electrons. The van der Waals surface area contributed by atoms with E-state index in [0.717, 1.165) is 0 Å². The highest BCUT2D eigenvalue weighted by molar-refractivity contribution is 8.10. The first-order valence-electron chi connectivity index (χ1n) is 4.88. The summed E-state index contributed by atoms with van der Waals surface area (Å²) in [6.45, 7) is 13.1. The van der Waals surface area contributed by atoms with E-state index in [4.69, 9.17) is 12.2 Å². The van der Waals surface area contributed by atoms with Gasteiger partial charge in [-0.1, -0.05) is 18.8 Å². The largest absolute Gasteiger partial charge is 0.353 e. The van der Waals surface area contributed by atoms with Gasteiger partial charge in [0.15, 0.2) is 5.78 Å². The van der Waals surface area contributed by atoms with Crippen LogP contribution < -0.4 is 0 Å².